The molecular formula is C14H27NO4S. The maximum atomic E-state index is 12.6. The Morgan fingerprint density at radius 3 is 2.80 bits per heavy atom. The highest BCUT2D eigenvalue weighted by molar-refractivity contribution is 7.85. The second-order valence-electron chi connectivity index (χ2n) is 5.48. The summed E-state index contributed by atoms with van der Waals surface area (Å²) in [5.41, 5.74) is 0. The van der Waals surface area contributed by atoms with Crippen molar-refractivity contribution >= 4 is 10.8 Å². The van der Waals surface area contributed by atoms with Crippen molar-refractivity contribution in [3.63, 3.8) is 0 Å². The van der Waals surface area contributed by atoms with Gasteiger partial charge in [-0.1, -0.05) is 6.92 Å². The Bertz CT molecular complexity index is 320. The van der Waals surface area contributed by atoms with Gasteiger partial charge in [-0.25, -0.2) is 0 Å². The highest BCUT2D eigenvalue weighted by Crippen LogP contribution is 2.38. The summed E-state index contributed by atoms with van der Waals surface area (Å²) < 4.78 is 29.3. The van der Waals surface area contributed by atoms with Crippen molar-refractivity contribution in [2.75, 3.05) is 39.2 Å². The van der Waals surface area contributed by atoms with E-state index in [2.05, 4.69) is 12.2 Å². The zero-order valence-corrected chi connectivity index (χ0v) is 13.4. The largest absolute Gasteiger partial charge is 0.385 e. The van der Waals surface area contributed by atoms with Gasteiger partial charge in [0.2, 0.25) is 0 Å². The second kappa shape index (κ2) is 7.84. The fourth-order valence-corrected chi connectivity index (χ4v) is 4.88. The molecule has 1 N–H and O–H groups in total. The lowest BCUT2D eigenvalue weighted by atomic mass is 9.89. The molecule has 0 aromatic heterocycles. The minimum absolute atomic E-state index is 0.110. The Morgan fingerprint density at radius 1 is 1.40 bits per heavy atom. The number of hydrogen-bond donors (Lipinski definition) is 1. The van der Waals surface area contributed by atoms with Crippen LogP contribution >= 0.6 is 0 Å². The SMILES string of the molecule is CCNC1CCC2(CC1S(=O)CCCOC)OCCO2. The molecule has 2 rings (SSSR count). The number of hydrogen-bond acceptors (Lipinski definition) is 5. The first-order chi connectivity index (χ1) is 9.71. The minimum atomic E-state index is -0.864. The maximum absolute atomic E-state index is 12.6. The number of nitrogens with one attached hydrogen (secondary N) is 1. The zero-order valence-electron chi connectivity index (χ0n) is 12.6. The molecule has 2 aliphatic rings. The van der Waals surface area contributed by atoms with Crippen LogP contribution in [0.3, 0.4) is 0 Å². The lowest BCUT2D eigenvalue weighted by Gasteiger charge is -2.40. The van der Waals surface area contributed by atoms with Crippen LogP contribution in [0.5, 0.6) is 0 Å². The average Bonchev–Trinajstić information content (AvgIpc) is 2.90. The molecule has 1 saturated heterocycles. The molecule has 1 aliphatic carbocycles. The molecule has 3 atom stereocenters. The van der Waals surface area contributed by atoms with Crippen molar-refractivity contribution in [1.82, 2.24) is 5.32 Å². The van der Waals surface area contributed by atoms with Crippen molar-refractivity contribution in [2.24, 2.45) is 0 Å². The zero-order chi connectivity index (χ0) is 14.4. The summed E-state index contributed by atoms with van der Waals surface area (Å²) in [5, 5.41) is 3.59. The molecule has 0 aromatic rings. The molecule has 5 nitrogen and oxygen atoms in total. The normalized spacial score (nSPS) is 30.7. The van der Waals surface area contributed by atoms with Gasteiger partial charge in [-0.15, -0.1) is 0 Å². The molecule has 0 amide bonds. The quantitative estimate of drug-likeness (QED) is 0.712. The third-order valence-corrected chi connectivity index (χ3v) is 5.97. The van der Waals surface area contributed by atoms with Crippen LogP contribution in [0.15, 0.2) is 0 Å². The summed E-state index contributed by atoms with van der Waals surface area (Å²) in [6.07, 6.45) is 3.45. The van der Waals surface area contributed by atoms with Gasteiger partial charge in [0.1, 0.15) is 0 Å². The topological polar surface area (TPSA) is 56.8 Å². The molecule has 1 aliphatic heterocycles. The lowest BCUT2D eigenvalue weighted by Crippen LogP contribution is -2.52. The van der Waals surface area contributed by atoms with E-state index < -0.39 is 16.6 Å². The second-order valence-corrected chi connectivity index (χ2v) is 7.26. The van der Waals surface area contributed by atoms with Crippen LogP contribution in [-0.4, -0.2) is 60.5 Å². The highest BCUT2D eigenvalue weighted by atomic mass is 32.2. The van der Waals surface area contributed by atoms with Crippen molar-refractivity contribution < 1.29 is 18.4 Å². The van der Waals surface area contributed by atoms with Crippen molar-refractivity contribution in [3.05, 3.63) is 0 Å². The van der Waals surface area contributed by atoms with E-state index in [1.54, 1.807) is 7.11 Å². The van der Waals surface area contributed by atoms with E-state index in [0.29, 0.717) is 31.6 Å². The molecule has 1 saturated carbocycles. The summed E-state index contributed by atoms with van der Waals surface area (Å²) in [4.78, 5) is 0. The van der Waals surface area contributed by atoms with Gasteiger partial charge in [-0.2, -0.15) is 0 Å². The van der Waals surface area contributed by atoms with Gasteiger partial charge in [0.05, 0.1) is 18.5 Å². The molecular weight excluding hydrogens is 278 g/mol. The first-order valence-electron chi connectivity index (χ1n) is 7.58. The summed E-state index contributed by atoms with van der Waals surface area (Å²) in [5.74, 6) is 0.226. The van der Waals surface area contributed by atoms with Crippen LogP contribution in [0.2, 0.25) is 0 Å². The molecule has 20 heavy (non-hydrogen) atoms. The summed E-state index contributed by atoms with van der Waals surface area (Å²) in [7, 11) is 0.817. The van der Waals surface area contributed by atoms with Gasteiger partial charge in [-0.3, -0.25) is 4.21 Å². The Morgan fingerprint density at radius 2 is 2.15 bits per heavy atom. The third kappa shape index (κ3) is 4.01. The molecule has 0 bridgehead atoms. The predicted molar refractivity (Wildman–Crippen MR) is 79.2 cm³/mol. The number of rotatable bonds is 7. The van der Waals surface area contributed by atoms with E-state index >= 15 is 0 Å². The maximum Gasteiger partial charge on any atom is 0.169 e. The smallest absolute Gasteiger partial charge is 0.169 e. The molecule has 2 fully saturated rings. The number of methoxy groups -OCH3 is 1. The van der Waals surface area contributed by atoms with Crippen molar-refractivity contribution in [1.29, 1.82) is 0 Å². The van der Waals surface area contributed by atoms with Gasteiger partial charge >= 0.3 is 0 Å². The van der Waals surface area contributed by atoms with Gasteiger partial charge in [0.25, 0.3) is 0 Å². The van der Waals surface area contributed by atoms with E-state index in [0.717, 1.165) is 32.2 Å². The van der Waals surface area contributed by atoms with Gasteiger partial charge in [0.15, 0.2) is 5.79 Å². The van der Waals surface area contributed by atoms with E-state index in [4.69, 9.17) is 14.2 Å². The summed E-state index contributed by atoms with van der Waals surface area (Å²) in [6, 6.07) is 0.307. The first-order valence-corrected chi connectivity index (χ1v) is 8.96. The Balaban J connectivity index is 1.96. The summed E-state index contributed by atoms with van der Waals surface area (Å²) in [6.45, 7) is 5.00. The van der Waals surface area contributed by atoms with Crippen LogP contribution in [0.1, 0.15) is 32.6 Å². The first kappa shape index (κ1) is 16.4. The minimum Gasteiger partial charge on any atom is -0.385 e. The molecule has 1 spiro atoms. The monoisotopic (exact) mass is 305 g/mol. The Labute approximate surface area is 124 Å². The van der Waals surface area contributed by atoms with Crippen LogP contribution in [0.4, 0.5) is 0 Å². The van der Waals surface area contributed by atoms with E-state index in [9.17, 15) is 4.21 Å². The molecule has 0 aromatic carbocycles. The van der Waals surface area contributed by atoms with E-state index in [1.807, 2.05) is 0 Å². The molecule has 3 unspecified atom stereocenters. The predicted octanol–water partition coefficient (Wildman–Crippen LogP) is 1.05. The van der Waals surface area contributed by atoms with Crippen LogP contribution in [0, 0.1) is 0 Å². The van der Waals surface area contributed by atoms with E-state index in [-0.39, 0.29) is 5.25 Å². The van der Waals surface area contributed by atoms with Gasteiger partial charge < -0.3 is 19.5 Å². The van der Waals surface area contributed by atoms with Gasteiger partial charge in [-0.05, 0) is 19.4 Å². The molecule has 118 valence electrons. The van der Waals surface area contributed by atoms with Crippen LogP contribution in [-0.2, 0) is 25.0 Å². The number of ether oxygens (including phenoxy) is 3. The highest BCUT2D eigenvalue weighted by Gasteiger charge is 2.46. The van der Waals surface area contributed by atoms with Crippen molar-refractivity contribution in [2.45, 2.75) is 49.7 Å². The fourth-order valence-electron chi connectivity index (χ4n) is 3.14. The Kier molecular flexibility index (Phi) is 6.42. The van der Waals surface area contributed by atoms with Crippen molar-refractivity contribution in [3.8, 4) is 0 Å². The molecule has 1 heterocycles. The average molecular weight is 305 g/mol. The van der Waals surface area contributed by atoms with Crippen LogP contribution < -0.4 is 5.32 Å². The van der Waals surface area contributed by atoms with Crippen LogP contribution in [0.25, 0.3) is 0 Å². The standard InChI is InChI=1S/C14H27NO4S/c1-3-15-12-5-6-14(18-8-9-19-14)11-13(12)20(16)10-4-7-17-2/h12-13,15H,3-11H2,1-2H3. The summed E-state index contributed by atoms with van der Waals surface area (Å²) >= 11 is 0. The third-order valence-electron chi connectivity index (χ3n) is 4.11. The van der Waals surface area contributed by atoms with Gasteiger partial charge in [0, 0.05) is 49.2 Å². The molecule has 6 heteroatoms. The van der Waals surface area contributed by atoms with E-state index in [1.165, 1.54) is 0 Å². The Hall–Kier alpha value is -0.0100. The lowest BCUT2D eigenvalue weighted by molar-refractivity contribution is -0.178. The fraction of sp³-hybridized carbons (Fsp3) is 1.00. The molecule has 0 radical (unpaired) electrons.